The van der Waals surface area contributed by atoms with Gasteiger partial charge in [-0.3, -0.25) is 4.79 Å². The molecular weight excluding hydrogens is 261 g/mol. The van der Waals surface area contributed by atoms with Crippen LogP contribution in [0.2, 0.25) is 5.02 Å². The summed E-state index contributed by atoms with van der Waals surface area (Å²) in [5, 5.41) is 11.3. The predicted octanol–water partition coefficient (Wildman–Crippen LogP) is 1.74. The summed E-state index contributed by atoms with van der Waals surface area (Å²) in [6.45, 7) is 1.61. The fourth-order valence-corrected chi connectivity index (χ4v) is 1.47. The minimum atomic E-state index is -0.537. The number of hydrogen-bond donors (Lipinski definition) is 2. The van der Waals surface area contributed by atoms with Crippen LogP contribution in [-0.2, 0) is 4.79 Å². The third-order valence-corrected chi connectivity index (χ3v) is 2.52. The number of aliphatic hydroxyl groups is 1. The van der Waals surface area contributed by atoms with Crippen molar-refractivity contribution in [3.63, 3.8) is 0 Å². The fourth-order valence-electron chi connectivity index (χ4n) is 1.30. The van der Waals surface area contributed by atoms with Gasteiger partial charge in [0.1, 0.15) is 11.6 Å². The molecular formula is C12H15ClFNO3. The van der Waals surface area contributed by atoms with Crippen LogP contribution >= 0.6 is 11.6 Å². The highest BCUT2D eigenvalue weighted by molar-refractivity contribution is 6.30. The minimum absolute atomic E-state index is 0.00980. The highest BCUT2D eigenvalue weighted by atomic mass is 35.5. The van der Waals surface area contributed by atoms with E-state index in [2.05, 4.69) is 5.32 Å². The molecule has 2 N–H and O–H groups in total. The number of carbonyl (C=O) groups excluding carboxylic acids is 1. The van der Waals surface area contributed by atoms with Gasteiger partial charge in [0.25, 0.3) is 5.91 Å². The van der Waals surface area contributed by atoms with Gasteiger partial charge in [-0.25, -0.2) is 4.39 Å². The normalized spacial score (nSPS) is 12.0. The Bertz CT molecular complexity index is 414. The summed E-state index contributed by atoms with van der Waals surface area (Å²) in [5.74, 6) is -0.521. The number of hydrogen-bond acceptors (Lipinski definition) is 3. The maximum atomic E-state index is 12.9. The molecule has 0 bridgehead atoms. The molecule has 18 heavy (non-hydrogen) atoms. The lowest BCUT2D eigenvalue weighted by Gasteiger charge is -2.13. The molecule has 0 spiro atoms. The van der Waals surface area contributed by atoms with Crippen molar-refractivity contribution in [2.24, 2.45) is 0 Å². The Hall–Kier alpha value is -1.33. The van der Waals surface area contributed by atoms with Gasteiger partial charge in [0, 0.05) is 18.7 Å². The molecule has 0 heterocycles. The van der Waals surface area contributed by atoms with Gasteiger partial charge in [-0.2, -0.15) is 0 Å². The molecule has 0 aromatic heterocycles. The Kier molecular flexibility index (Phi) is 5.88. The lowest BCUT2D eigenvalue weighted by molar-refractivity contribution is -0.123. The molecule has 0 saturated heterocycles. The van der Waals surface area contributed by atoms with Crippen LogP contribution in [0.15, 0.2) is 18.2 Å². The molecule has 1 unspecified atom stereocenters. The van der Waals surface area contributed by atoms with Crippen LogP contribution in [0.1, 0.15) is 13.3 Å². The number of nitrogens with one attached hydrogen (secondary N) is 1. The molecule has 0 aliphatic carbocycles. The van der Waals surface area contributed by atoms with E-state index in [4.69, 9.17) is 21.4 Å². The van der Waals surface area contributed by atoms with Gasteiger partial charge in [0.15, 0.2) is 6.61 Å². The van der Waals surface area contributed by atoms with Crippen LogP contribution < -0.4 is 10.1 Å². The van der Waals surface area contributed by atoms with E-state index in [1.807, 2.05) is 0 Å². The van der Waals surface area contributed by atoms with Gasteiger partial charge < -0.3 is 15.2 Å². The zero-order chi connectivity index (χ0) is 13.5. The van der Waals surface area contributed by atoms with Crippen molar-refractivity contribution in [1.82, 2.24) is 5.32 Å². The number of aliphatic hydroxyl groups excluding tert-OH is 1. The molecule has 100 valence electrons. The van der Waals surface area contributed by atoms with E-state index < -0.39 is 5.82 Å². The molecule has 1 aromatic rings. The molecule has 0 radical (unpaired) electrons. The standard InChI is InChI=1S/C12H15ClFNO3/c1-8(4-5-16)15-12(17)7-18-9-2-3-11(14)10(13)6-9/h2-3,6,8,16H,4-5,7H2,1H3,(H,15,17). The first-order valence-electron chi connectivity index (χ1n) is 5.51. The second-order valence-corrected chi connectivity index (χ2v) is 4.25. The van der Waals surface area contributed by atoms with Gasteiger partial charge >= 0.3 is 0 Å². The third-order valence-electron chi connectivity index (χ3n) is 2.23. The molecule has 4 nitrogen and oxygen atoms in total. The van der Waals surface area contributed by atoms with E-state index in [0.717, 1.165) is 0 Å². The van der Waals surface area contributed by atoms with Crippen molar-refractivity contribution in [2.75, 3.05) is 13.2 Å². The first kappa shape index (κ1) is 14.7. The van der Waals surface area contributed by atoms with Gasteiger partial charge in [-0.05, 0) is 25.5 Å². The molecule has 1 amide bonds. The number of carbonyl (C=O) groups is 1. The first-order chi connectivity index (χ1) is 8.52. The zero-order valence-corrected chi connectivity index (χ0v) is 10.7. The highest BCUT2D eigenvalue weighted by Gasteiger charge is 2.08. The smallest absolute Gasteiger partial charge is 0.258 e. The second-order valence-electron chi connectivity index (χ2n) is 3.85. The van der Waals surface area contributed by atoms with Gasteiger partial charge in [0.05, 0.1) is 5.02 Å². The minimum Gasteiger partial charge on any atom is -0.484 e. The van der Waals surface area contributed by atoms with Crippen molar-refractivity contribution >= 4 is 17.5 Å². The number of halogens is 2. The fraction of sp³-hybridized carbons (Fsp3) is 0.417. The summed E-state index contributed by atoms with van der Waals surface area (Å²) in [6, 6.07) is 3.75. The van der Waals surface area contributed by atoms with E-state index >= 15 is 0 Å². The van der Waals surface area contributed by atoms with E-state index in [0.29, 0.717) is 12.2 Å². The average molecular weight is 276 g/mol. The zero-order valence-electron chi connectivity index (χ0n) is 9.95. The van der Waals surface area contributed by atoms with E-state index in [1.54, 1.807) is 6.92 Å². The Morgan fingerprint density at radius 1 is 1.61 bits per heavy atom. The maximum absolute atomic E-state index is 12.9. The largest absolute Gasteiger partial charge is 0.484 e. The Balaban J connectivity index is 2.40. The number of benzene rings is 1. The van der Waals surface area contributed by atoms with Crippen molar-refractivity contribution in [2.45, 2.75) is 19.4 Å². The summed E-state index contributed by atoms with van der Waals surface area (Å²) in [4.78, 5) is 11.4. The quantitative estimate of drug-likeness (QED) is 0.831. The van der Waals surface area contributed by atoms with Crippen molar-refractivity contribution < 1.29 is 19.0 Å². The monoisotopic (exact) mass is 275 g/mol. The molecule has 0 aliphatic heterocycles. The molecule has 0 aliphatic rings. The van der Waals surface area contributed by atoms with Gasteiger partial charge in [0.2, 0.25) is 0 Å². The molecule has 1 aromatic carbocycles. The number of rotatable bonds is 6. The maximum Gasteiger partial charge on any atom is 0.258 e. The Morgan fingerprint density at radius 3 is 2.94 bits per heavy atom. The second kappa shape index (κ2) is 7.18. The van der Waals surface area contributed by atoms with Crippen LogP contribution in [0.25, 0.3) is 0 Å². The van der Waals surface area contributed by atoms with Crippen molar-refractivity contribution in [3.8, 4) is 5.75 Å². The van der Waals surface area contributed by atoms with Crippen LogP contribution in [0.4, 0.5) is 4.39 Å². The third kappa shape index (κ3) is 4.89. The Morgan fingerprint density at radius 2 is 2.33 bits per heavy atom. The van der Waals surface area contributed by atoms with E-state index in [1.165, 1.54) is 18.2 Å². The Labute approximate surface area is 110 Å². The van der Waals surface area contributed by atoms with Crippen molar-refractivity contribution in [1.29, 1.82) is 0 Å². The molecule has 1 atom stereocenters. The average Bonchev–Trinajstić information content (AvgIpc) is 2.31. The summed E-state index contributed by atoms with van der Waals surface area (Å²) >= 11 is 5.57. The first-order valence-corrected chi connectivity index (χ1v) is 5.88. The molecule has 6 heteroatoms. The topological polar surface area (TPSA) is 58.6 Å². The van der Waals surface area contributed by atoms with Crippen LogP contribution in [-0.4, -0.2) is 30.3 Å². The van der Waals surface area contributed by atoms with Crippen LogP contribution in [0.3, 0.4) is 0 Å². The number of ether oxygens (including phenoxy) is 1. The van der Waals surface area contributed by atoms with Crippen LogP contribution in [0.5, 0.6) is 5.75 Å². The van der Waals surface area contributed by atoms with Crippen molar-refractivity contribution in [3.05, 3.63) is 29.0 Å². The SMILES string of the molecule is CC(CCO)NC(=O)COc1ccc(F)c(Cl)c1. The van der Waals surface area contributed by atoms with Gasteiger partial charge in [-0.1, -0.05) is 11.6 Å². The summed E-state index contributed by atoms with van der Waals surface area (Å²) in [6.07, 6.45) is 0.480. The number of amides is 1. The summed E-state index contributed by atoms with van der Waals surface area (Å²) < 4.78 is 18.0. The predicted molar refractivity (Wildman–Crippen MR) is 66.2 cm³/mol. The van der Waals surface area contributed by atoms with Gasteiger partial charge in [-0.15, -0.1) is 0 Å². The lowest BCUT2D eigenvalue weighted by atomic mass is 10.2. The van der Waals surface area contributed by atoms with E-state index in [-0.39, 0.29) is 30.2 Å². The summed E-state index contributed by atoms with van der Waals surface area (Å²) in [7, 11) is 0. The summed E-state index contributed by atoms with van der Waals surface area (Å²) in [5.41, 5.74) is 0. The molecule has 0 fully saturated rings. The van der Waals surface area contributed by atoms with Crippen LogP contribution in [0, 0.1) is 5.82 Å². The molecule has 0 saturated carbocycles. The van der Waals surface area contributed by atoms with E-state index in [9.17, 15) is 9.18 Å². The highest BCUT2D eigenvalue weighted by Crippen LogP contribution is 2.20. The lowest BCUT2D eigenvalue weighted by Crippen LogP contribution is -2.36. The molecule has 1 rings (SSSR count).